The topological polar surface area (TPSA) is 94.5 Å². The molecule has 2 aliphatic carbocycles. The van der Waals surface area contributed by atoms with Crippen LogP contribution in [0.5, 0.6) is 0 Å². The van der Waals surface area contributed by atoms with Crippen molar-refractivity contribution in [3.05, 3.63) is 35.4 Å². The first-order valence-electron chi connectivity index (χ1n) is 10.8. The molecule has 2 amide bonds. The van der Waals surface area contributed by atoms with E-state index in [2.05, 4.69) is 15.2 Å². The number of ether oxygens (including phenoxy) is 1. The molecule has 30 heavy (non-hydrogen) atoms. The number of aliphatic imine (C=N–C) groups is 1. The number of hydrogen-bond donors (Lipinski definition) is 2. The summed E-state index contributed by atoms with van der Waals surface area (Å²) in [5, 5.41) is 13.9. The lowest BCUT2D eigenvalue weighted by Crippen LogP contribution is -2.49. The number of nitrogens with one attached hydrogen (secondary N) is 1. The first-order chi connectivity index (χ1) is 14.5. The van der Waals surface area contributed by atoms with Gasteiger partial charge in [0.2, 0.25) is 0 Å². The fourth-order valence-electron chi connectivity index (χ4n) is 4.08. The Morgan fingerprint density at radius 2 is 2.03 bits per heavy atom. The zero-order valence-corrected chi connectivity index (χ0v) is 17.7. The van der Waals surface area contributed by atoms with Crippen LogP contribution >= 0.6 is 0 Å². The number of morpholine rings is 1. The van der Waals surface area contributed by atoms with Crippen LogP contribution in [0.1, 0.15) is 33.1 Å². The van der Waals surface area contributed by atoms with Crippen LogP contribution in [0.15, 0.2) is 40.4 Å². The molecule has 4 rings (SSSR count). The highest BCUT2D eigenvalue weighted by Gasteiger charge is 2.71. The molecule has 4 aliphatic rings. The molecule has 0 bridgehead atoms. The van der Waals surface area contributed by atoms with E-state index in [4.69, 9.17) is 4.74 Å². The second kappa shape index (κ2) is 8.35. The Morgan fingerprint density at radius 3 is 2.63 bits per heavy atom. The van der Waals surface area contributed by atoms with Crippen molar-refractivity contribution < 1.29 is 19.4 Å². The van der Waals surface area contributed by atoms with Gasteiger partial charge >= 0.3 is 0 Å². The number of hydrogen-bond acceptors (Lipinski definition) is 6. The van der Waals surface area contributed by atoms with Gasteiger partial charge in [0.25, 0.3) is 11.8 Å². The first kappa shape index (κ1) is 20.8. The van der Waals surface area contributed by atoms with Crippen molar-refractivity contribution in [2.45, 2.75) is 38.6 Å². The molecule has 8 nitrogen and oxygen atoms in total. The fourth-order valence-corrected chi connectivity index (χ4v) is 4.08. The normalized spacial score (nSPS) is 31.6. The summed E-state index contributed by atoms with van der Waals surface area (Å²) >= 11 is 0. The standard InChI is InChI=1S/C22H30N4O4/c1-3-5-16-18(23-6-4-2)19(27)17(20(28)24-22-13-15(22)14-22)21(29)26(16)8-7-25-9-11-30-12-10-25/h4-6,15,27H,3,7-14H2,1-2H3,(H,24,28)/b6-4-,16-5-,23-18+. The van der Waals surface area contributed by atoms with Crippen LogP contribution in [0.3, 0.4) is 0 Å². The zero-order valence-electron chi connectivity index (χ0n) is 17.7. The minimum absolute atomic E-state index is 0.135. The van der Waals surface area contributed by atoms with E-state index in [1.807, 2.05) is 19.9 Å². The molecule has 2 N–H and O–H groups in total. The van der Waals surface area contributed by atoms with Gasteiger partial charge in [0.15, 0.2) is 5.76 Å². The summed E-state index contributed by atoms with van der Waals surface area (Å²) < 4.78 is 5.40. The number of aliphatic hydroxyl groups excluding tert-OH is 1. The van der Waals surface area contributed by atoms with Crippen molar-refractivity contribution in [1.29, 1.82) is 0 Å². The molecule has 0 atom stereocenters. The maximum Gasteiger partial charge on any atom is 0.267 e. The van der Waals surface area contributed by atoms with E-state index in [0.717, 1.165) is 25.9 Å². The molecule has 2 heterocycles. The molecule has 0 spiro atoms. The molecule has 1 saturated heterocycles. The molecule has 0 aromatic heterocycles. The smallest absolute Gasteiger partial charge is 0.267 e. The number of rotatable bonds is 7. The van der Waals surface area contributed by atoms with Crippen LogP contribution in [-0.2, 0) is 14.3 Å². The number of amides is 2. The van der Waals surface area contributed by atoms with Crippen molar-refractivity contribution in [3.8, 4) is 0 Å². The second-order valence-electron chi connectivity index (χ2n) is 8.31. The summed E-state index contributed by atoms with van der Waals surface area (Å²) in [7, 11) is 0. The lowest BCUT2D eigenvalue weighted by molar-refractivity contribution is -0.129. The van der Waals surface area contributed by atoms with Gasteiger partial charge in [-0.2, -0.15) is 0 Å². The Labute approximate surface area is 177 Å². The minimum atomic E-state index is -0.502. The third-order valence-corrected chi connectivity index (χ3v) is 6.22. The van der Waals surface area contributed by atoms with Gasteiger partial charge in [0, 0.05) is 37.9 Å². The Kier molecular flexibility index (Phi) is 5.79. The maximum atomic E-state index is 13.4. The van der Waals surface area contributed by atoms with Gasteiger partial charge in [-0.25, -0.2) is 0 Å². The predicted molar refractivity (Wildman–Crippen MR) is 113 cm³/mol. The maximum absolute atomic E-state index is 13.4. The summed E-state index contributed by atoms with van der Waals surface area (Å²) in [6, 6.07) is 0. The third kappa shape index (κ3) is 3.94. The van der Waals surface area contributed by atoms with Crippen LogP contribution in [-0.4, -0.2) is 77.4 Å². The first-order valence-corrected chi connectivity index (χ1v) is 10.8. The van der Waals surface area contributed by atoms with E-state index in [9.17, 15) is 14.7 Å². The highest BCUT2D eigenvalue weighted by atomic mass is 16.5. The SMILES string of the molecule is C\C=C/N=C1/C(O)=C(C(=O)NC23CC2C3)C(=O)N(CCN2CCOCC2)/C1=C\CC. The van der Waals surface area contributed by atoms with Gasteiger partial charge < -0.3 is 20.1 Å². The molecular weight excluding hydrogens is 384 g/mol. The van der Waals surface area contributed by atoms with Crippen molar-refractivity contribution in [2.24, 2.45) is 10.9 Å². The van der Waals surface area contributed by atoms with Gasteiger partial charge in [-0.3, -0.25) is 19.5 Å². The number of allylic oxidation sites excluding steroid dienone is 2. The summed E-state index contributed by atoms with van der Waals surface area (Å²) in [4.78, 5) is 34.5. The molecule has 0 aromatic carbocycles. The molecule has 2 aliphatic heterocycles. The van der Waals surface area contributed by atoms with E-state index >= 15 is 0 Å². The summed E-state index contributed by atoms with van der Waals surface area (Å²) in [6.07, 6.45) is 7.78. The van der Waals surface area contributed by atoms with Crippen molar-refractivity contribution in [3.63, 3.8) is 0 Å². The lowest BCUT2D eigenvalue weighted by Gasteiger charge is -2.34. The van der Waals surface area contributed by atoms with Crippen LogP contribution in [0.25, 0.3) is 0 Å². The summed E-state index contributed by atoms with van der Waals surface area (Å²) in [5.41, 5.74) is 0.475. The van der Waals surface area contributed by atoms with Gasteiger partial charge in [0.05, 0.1) is 18.9 Å². The lowest BCUT2D eigenvalue weighted by atomic mass is 9.99. The van der Waals surface area contributed by atoms with E-state index in [-0.39, 0.29) is 22.6 Å². The average Bonchev–Trinajstić information content (AvgIpc) is 3.59. The van der Waals surface area contributed by atoms with E-state index in [1.54, 1.807) is 17.2 Å². The highest BCUT2D eigenvalue weighted by Crippen LogP contribution is 2.66. The second-order valence-corrected chi connectivity index (χ2v) is 8.31. The monoisotopic (exact) mass is 414 g/mol. The molecule has 3 fully saturated rings. The molecule has 0 radical (unpaired) electrons. The van der Waals surface area contributed by atoms with Crippen LogP contribution in [0, 0.1) is 5.92 Å². The largest absolute Gasteiger partial charge is 0.505 e. The quantitative estimate of drug-likeness (QED) is 0.616. The average molecular weight is 415 g/mol. The zero-order chi connectivity index (χ0) is 21.3. The van der Waals surface area contributed by atoms with Gasteiger partial charge in [-0.15, -0.1) is 0 Å². The Hall–Kier alpha value is -2.45. The van der Waals surface area contributed by atoms with E-state index < -0.39 is 11.8 Å². The number of fused-ring (bicyclic) bond motifs is 1. The third-order valence-electron chi connectivity index (χ3n) is 6.22. The Bertz CT molecular complexity index is 845. The van der Waals surface area contributed by atoms with Crippen LogP contribution in [0.2, 0.25) is 0 Å². The predicted octanol–water partition coefficient (Wildman–Crippen LogP) is 1.52. The van der Waals surface area contributed by atoms with E-state index in [1.165, 1.54) is 0 Å². The Morgan fingerprint density at radius 1 is 1.33 bits per heavy atom. The molecule has 8 heteroatoms. The van der Waals surface area contributed by atoms with E-state index in [0.29, 0.717) is 44.3 Å². The molecule has 2 saturated carbocycles. The van der Waals surface area contributed by atoms with Gasteiger partial charge in [0.1, 0.15) is 11.3 Å². The van der Waals surface area contributed by atoms with Crippen molar-refractivity contribution >= 4 is 17.5 Å². The summed E-state index contributed by atoms with van der Waals surface area (Å²) in [5.74, 6) is -0.775. The van der Waals surface area contributed by atoms with Crippen molar-refractivity contribution in [1.82, 2.24) is 15.1 Å². The van der Waals surface area contributed by atoms with Crippen LogP contribution < -0.4 is 5.32 Å². The van der Waals surface area contributed by atoms with Crippen LogP contribution in [0.4, 0.5) is 0 Å². The van der Waals surface area contributed by atoms with Gasteiger partial charge in [-0.05, 0) is 32.1 Å². The minimum Gasteiger partial charge on any atom is -0.505 e. The summed E-state index contributed by atoms with van der Waals surface area (Å²) in [6.45, 7) is 7.85. The fraction of sp³-hybridized carbons (Fsp3) is 0.591. The molecule has 162 valence electrons. The van der Waals surface area contributed by atoms with Crippen molar-refractivity contribution in [2.75, 3.05) is 39.4 Å². The molecular formula is C22H30N4O4. The molecule has 0 aromatic rings. The number of carbonyl (C=O) groups excluding carboxylic acids is 2. The van der Waals surface area contributed by atoms with Gasteiger partial charge in [-0.1, -0.05) is 19.1 Å². The molecule has 0 unspecified atom stereocenters. The number of nitrogens with zero attached hydrogens (tertiary/aromatic N) is 3. The number of carbonyl (C=O) groups is 2. The number of aliphatic hydroxyl groups is 1. The Balaban J connectivity index is 1.63. The highest BCUT2D eigenvalue weighted by molar-refractivity contribution is 6.30.